The van der Waals surface area contributed by atoms with E-state index in [0.29, 0.717) is 6.54 Å². The molecule has 0 bridgehead atoms. The molecular weight excluding hydrogens is 282 g/mol. The lowest BCUT2D eigenvalue weighted by atomic mass is 10.1. The van der Waals surface area contributed by atoms with Gasteiger partial charge in [-0.05, 0) is 6.42 Å². The van der Waals surface area contributed by atoms with Crippen LogP contribution in [0.4, 0.5) is 0 Å². The highest BCUT2D eigenvalue weighted by Gasteiger charge is 2.21. The van der Waals surface area contributed by atoms with Crippen LogP contribution in [0.1, 0.15) is 77.6 Å². The zero-order valence-electron chi connectivity index (χ0n) is 14.2. The van der Waals surface area contributed by atoms with E-state index in [1.54, 1.807) is 7.05 Å². The largest absolute Gasteiger partial charge is 0.481 e. The van der Waals surface area contributed by atoms with E-state index in [4.69, 9.17) is 5.11 Å². The second-order valence-corrected chi connectivity index (χ2v) is 6.06. The Morgan fingerprint density at radius 3 is 1.82 bits per heavy atom. The zero-order valence-corrected chi connectivity index (χ0v) is 14.2. The summed E-state index contributed by atoms with van der Waals surface area (Å²) in [5, 5.41) is 18.0. The van der Waals surface area contributed by atoms with Gasteiger partial charge in [0.1, 0.15) is 6.10 Å². The number of hydrogen-bond acceptors (Lipinski definition) is 3. The van der Waals surface area contributed by atoms with Gasteiger partial charge < -0.3 is 15.1 Å². The van der Waals surface area contributed by atoms with Crippen molar-refractivity contribution < 1.29 is 19.8 Å². The third-order valence-corrected chi connectivity index (χ3v) is 3.88. The number of unbranched alkanes of at least 4 members (excludes halogenated alkanes) is 9. The summed E-state index contributed by atoms with van der Waals surface area (Å²) in [6.45, 7) is 2.80. The van der Waals surface area contributed by atoms with E-state index in [-0.39, 0.29) is 0 Å². The summed E-state index contributed by atoms with van der Waals surface area (Å²) in [6.07, 6.45) is 10.4. The first-order chi connectivity index (χ1) is 10.5. The summed E-state index contributed by atoms with van der Waals surface area (Å²) in [4.78, 5) is 23.6. The van der Waals surface area contributed by atoms with Crippen LogP contribution in [0.15, 0.2) is 0 Å². The molecule has 2 N–H and O–H groups in total. The molecule has 5 heteroatoms. The van der Waals surface area contributed by atoms with Gasteiger partial charge in [0.25, 0.3) is 5.91 Å². The van der Waals surface area contributed by atoms with Crippen LogP contribution in [0, 0.1) is 0 Å². The van der Waals surface area contributed by atoms with E-state index in [2.05, 4.69) is 6.92 Å². The van der Waals surface area contributed by atoms with Crippen LogP contribution in [0.5, 0.6) is 0 Å². The maximum absolute atomic E-state index is 11.7. The molecule has 0 saturated carbocycles. The SMILES string of the molecule is CCCCCCCCCCCCN(C)C(=O)C(O)CC(=O)O. The molecule has 0 saturated heterocycles. The molecule has 0 aromatic heterocycles. The molecule has 1 amide bonds. The standard InChI is InChI=1S/C17H33NO4/c1-3-4-5-6-7-8-9-10-11-12-13-18(2)17(22)15(19)14-16(20)21/h15,19H,3-14H2,1-2H3,(H,20,21). The second-order valence-electron chi connectivity index (χ2n) is 6.06. The van der Waals surface area contributed by atoms with Gasteiger partial charge in [-0.1, -0.05) is 64.7 Å². The maximum Gasteiger partial charge on any atom is 0.306 e. The molecule has 22 heavy (non-hydrogen) atoms. The highest BCUT2D eigenvalue weighted by molar-refractivity contribution is 5.84. The fraction of sp³-hybridized carbons (Fsp3) is 0.882. The molecular formula is C17H33NO4. The van der Waals surface area contributed by atoms with Gasteiger partial charge in [-0.3, -0.25) is 9.59 Å². The van der Waals surface area contributed by atoms with Gasteiger partial charge in [0.15, 0.2) is 0 Å². The number of aliphatic carboxylic acids is 1. The summed E-state index contributed by atoms with van der Waals surface area (Å²) in [5.41, 5.74) is 0. The van der Waals surface area contributed by atoms with Crippen molar-refractivity contribution in [2.24, 2.45) is 0 Å². The summed E-state index contributed by atoms with van der Waals surface area (Å²) < 4.78 is 0. The smallest absolute Gasteiger partial charge is 0.306 e. The third-order valence-electron chi connectivity index (χ3n) is 3.88. The number of carboxylic acid groups (broad SMARTS) is 1. The van der Waals surface area contributed by atoms with Crippen LogP contribution >= 0.6 is 0 Å². The van der Waals surface area contributed by atoms with E-state index < -0.39 is 24.4 Å². The Labute approximate surface area is 134 Å². The van der Waals surface area contributed by atoms with Crippen LogP contribution < -0.4 is 0 Å². The number of likely N-dealkylation sites (N-methyl/N-ethyl adjacent to an activating group) is 1. The Morgan fingerprint density at radius 2 is 1.36 bits per heavy atom. The molecule has 0 rings (SSSR count). The van der Waals surface area contributed by atoms with Gasteiger partial charge in [-0.15, -0.1) is 0 Å². The molecule has 1 unspecified atom stereocenters. The Balaban J connectivity index is 3.50. The Morgan fingerprint density at radius 1 is 0.909 bits per heavy atom. The molecule has 0 aliphatic heterocycles. The monoisotopic (exact) mass is 315 g/mol. The van der Waals surface area contributed by atoms with E-state index >= 15 is 0 Å². The van der Waals surface area contributed by atoms with Crippen molar-refractivity contribution in [1.29, 1.82) is 0 Å². The first-order valence-electron chi connectivity index (χ1n) is 8.63. The third kappa shape index (κ3) is 11.5. The number of carbonyl (C=O) groups is 2. The van der Waals surface area contributed by atoms with Crippen molar-refractivity contribution in [2.75, 3.05) is 13.6 Å². The van der Waals surface area contributed by atoms with Crippen LogP contribution in [-0.4, -0.2) is 46.7 Å². The average Bonchev–Trinajstić information content (AvgIpc) is 2.47. The minimum atomic E-state index is -1.43. The normalized spacial score (nSPS) is 12.1. The van der Waals surface area contributed by atoms with Crippen LogP contribution in [-0.2, 0) is 9.59 Å². The summed E-state index contributed by atoms with van der Waals surface area (Å²) in [5.74, 6) is -1.66. The molecule has 0 spiro atoms. The zero-order chi connectivity index (χ0) is 16.8. The van der Waals surface area contributed by atoms with E-state index in [0.717, 1.165) is 12.8 Å². The van der Waals surface area contributed by atoms with Crippen molar-refractivity contribution >= 4 is 11.9 Å². The minimum Gasteiger partial charge on any atom is -0.481 e. The summed E-state index contributed by atoms with van der Waals surface area (Å²) >= 11 is 0. The molecule has 5 nitrogen and oxygen atoms in total. The number of carboxylic acids is 1. The topological polar surface area (TPSA) is 77.8 Å². The van der Waals surface area contributed by atoms with E-state index in [1.807, 2.05) is 0 Å². The number of carbonyl (C=O) groups excluding carboxylic acids is 1. The lowest BCUT2D eigenvalue weighted by Gasteiger charge is -2.19. The van der Waals surface area contributed by atoms with Crippen LogP contribution in [0.3, 0.4) is 0 Å². The first-order valence-corrected chi connectivity index (χ1v) is 8.63. The summed E-state index contributed by atoms with van der Waals surface area (Å²) in [7, 11) is 1.61. The number of nitrogens with zero attached hydrogens (tertiary/aromatic N) is 1. The molecule has 1 atom stereocenters. The van der Waals surface area contributed by atoms with Crippen LogP contribution in [0.2, 0.25) is 0 Å². The molecule has 0 radical (unpaired) electrons. The van der Waals surface area contributed by atoms with E-state index in [9.17, 15) is 14.7 Å². The van der Waals surface area contributed by atoms with E-state index in [1.165, 1.54) is 56.3 Å². The minimum absolute atomic E-state index is 0.502. The van der Waals surface area contributed by atoms with Gasteiger partial charge in [0, 0.05) is 13.6 Å². The van der Waals surface area contributed by atoms with Gasteiger partial charge >= 0.3 is 5.97 Å². The number of aliphatic hydroxyl groups is 1. The summed E-state index contributed by atoms with van der Waals surface area (Å²) in [6, 6.07) is 0. The van der Waals surface area contributed by atoms with Crippen LogP contribution in [0.25, 0.3) is 0 Å². The molecule has 130 valence electrons. The fourth-order valence-electron chi connectivity index (χ4n) is 2.45. The molecule has 0 aliphatic carbocycles. The predicted octanol–water partition coefficient (Wildman–Crippen LogP) is 3.20. The van der Waals surface area contributed by atoms with Crippen molar-refractivity contribution in [3.63, 3.8) is 0 Å². The van der Waals surface area contributed by atoms with Crippen molar-refractivity contribution in [2.45, 2.75) is 83.7 Å². The molecule has 0 aliphatic rings. The fourth-order valence-corrected chi connectivity index (χ4v) is 2.45. The van der Waals surface area contributed by atoms with Gasteiger partial charge in [-0.25, -0.2) is 0 Å². The Kier molecular flexibility index (Phi) is 12.9. The lowest BCUT2D eigenvalue weighted by Crippen LogP contribution is -2.38. The number of aliphatic hydroxyl groups excluding tert-OH is 1. The molecule has 0 heterocycles. The molecule has 0 fully saturated rings. The van der Waals surface area contributed by atoms with Crippen molar-refractivity contribution in [3.05, 3.63) is 0 Å². The number of hydrogen-bond donors (Lipinski definition) is 2. The number of amides is 1. The van der Waals surface area contributed by atoms with Crippen molar-refractivity contribution in [3.8, 4) is 0 Å². The maximum atomic E-state index is 11.7. The second kappa shape index (κ2) is 13.6. The van der Waals surface area contributed by atoms with Gasteiger partial charge in [0.2, 0.25) is 0 Å². The van der Waals surface area contributed by atoms with Gasteiger partial charge in [-0.2, -0.15) is 0 Å². The molecule has 0 aromatic carbocycles. The van der Waals surface area contributed by atoms with Gasteiger partial charge in [0.05, 0.1) is 6.42 Å². The quantitative estimate of drug-likeness (QED) is 0.483. The van der Waals surface area contributed by atoms with Crippen molar-refractivity contribution in [1.82, 2.24) is 4.90 Å². The Bertz CT molecular complexity index is 307. The average molecular weight is 315 g/mol. The predicted molar refractivity (Wildman–Crippen MR) is 87.7 cm³/mol. The number of rotatable bonds is 14. The Hall–Kier alpha value is -1.10. The lowest BCUT2D eigenvalue weighted by molar-refractivity contribution is -0.147. The molecule has 0 aromatic rings. The first kappa shape index (κ1) is 20.9. The highest BCUT2D eigenvalue weighted by Crippen LogP contribution is 2.11. The highest BCUT2D eigenvalue weighted by atomic mass is 16.4.